The molecule has 2 aromatic carbocycles. The van der Waals surface area contributed by atoms with Crippen LogP contribution >= 0.6 is 58.1 Å². The fraction of sp³-hybridized carbons (Fsp3) is 0. The number of benzene rings is 2. The van der Waals surface area contributed by atoms with Crippen LogP contribution in [0.5, 0.6) is 0 Å². The molecule has 6 nitrogen and oxygen atoms in total. The zero-order valence-corrected chi connectivity index (χ0v) is 17.1. The fourth-order valence-electron chi connectivity index (χ4n) is 2.05. The van der Waals surface area contributed by atoms with Crippen molar-refractivity contribution in [1.82, 2.24) is 0 Å². The molecule has 0 amide bonds. The predicted octanol–water partition coefficient (Wildman–Crippen LogP) is 7.17. The van der Waals surface area contributed by atoms with Crippen LogP contribution in [0.4, 0.5) is 11.4 Å². The van der Waals surface area contributed by atoms with E-state index in [-0.39, 0.29) is 8.42 Å². The second-order valence-corrected chi connectivity index (χ2v) is 9.58. The van der Waals surface area contributed by atoms with Crippen LogP contribution in [0.3, 0.4) is 0 Å². The van der Waals surface area contributed by atoms with Crippen molar-refractivity contribution in [1.29, 1.82) is 0 Å². The molecular weight excluding hydrogens is 451 g/mol. The van der Waals surface area contributed by atoms with Crippen LogP contribution in [-0.2, 0) is 0 Å². The molecule has 0 aliphatic heterocycles. The van der Waals surface area contributed by atoms with E-state index in [0.717, 1.165) is 34.9 Å². The van der Waals surface area contributed by atoms with E-state index in [4.69, 9.17) is 23.2 Å². The lowest BCUT2D eigenvalue weighted by Gasteiger charge is -1.98. The van der Waals surface area contributed by atoms with Crippen LogP contribution in [0.15, 0.2) is 66.7 Å². The van der Waals surface area contributed by atoms with Crippen molar-refractivity contribution in [3.8, 4) is 0 Å². The third-order valence-corrected chi connectivity index (χ3v) is 7.24. The highest BCUT2D eigenvalue weighted by molar-refractivity contribution is 8.03. The smallest absolute Gasteiger partial charge is 0.258 e. The van der Waals surface area contributed by atoms with Gasteiger partial charge in [0.25, 0.3) is 0 Å². The Hall–Kier alpha value is -1.78. The first-order valence-corrected chi connectivity index (χ1v) is 10.4. The van der Waals surface area contributed by atoms with Crippen LogP contribution in [0, 0.1) is 20.2 Å². The van der Waals surface area contributed by atoms with Crippen LogP contribution in [0.2, 0.25) is 10.0 Å². The topological polar surface area (TPSA) is 86.3 Å². The van der Waals surface area contributed by atoms with Crippen molar-refractivity contribution in [2.24, 2.45) is 0 Å². The molecule has 0 saturated carbocycles. The quantitative estimate of drug-likeness (QED) is 0.287. The number of halogens is 2. The highest BCUT2D eigenvalue weighted by atomic mass is 35.5. The molecule has 1 heterocycles. The molecule has 138 valence electrons. The Kier molecular flexibility index (Phi) is 6.28. The third-order valence-electron chi connectivity index (χ3n) is 3.21. The van der Waals surface area contributed by atoms with Gasteiger partial charge in [-0.05, 0) is 48.5 Å². The summed E-state index contributed by atoms with van der Waals surface area (Å²) >= 11 is 14.9. The summed E-state index contributed by atoms with van der Waals surface area (Å²) in [6.45, 7) is 0. The summed E-state index contributed by atoms with van der Waals surface area (Å²) in [4.78, 5) is 23.1. The van der Waals surface area contributed by atoms with Crippen molar-refractivity contribution in [3.63, 3.8) is 0 Å². The van der Waals surface area contributed by atoms with Gasteiger partial charge in [-0.15, -0.1) is 11.3 Å². The molecule has 0 aliphatic rings. The maximum absolute atomic E-state index is 11.5. The summed E-state index contributed by atoms with van der Waals surface area (Å²) in [5.41, 5.74) is -0.997. The lowest BCUT2D eigenvalue weighted by Crippen LogP contribution is -1.95. The van der Waals surface area contributed by atoms with Crippen molar-refractivity contribution >= 4 is 69.4 Å². The molecule has 11 heteroatoms. The van der Waals surface area contributed by atoms with E-state index in [1.807, 2.05) is 0 Å². The van der Waals surface area contributed by atoms with Crippen LogP contribution in [0.1, 0.15) is 0 Å². The van der Waals surface area contributed by atoms with E-state index in [0.29, 0.717) is 19.8 Å². The maximum Gasteiger partial charge on any atom is 0.371 e. The first-order valence-electron chi connectivity index (χ1n) is 7.17. The van der Waals surface area contributed by atoms with E-state index in [1.165, 1.54) is 0 Å². The molecule has 0 radical (unpaired) electrons. The van der Waals surface area contributed by atoms with Gasteiger partial charge in [0.15, 0.2) is 8.42 Å². The Balaban J connectivity index is 2.04. The van der Waals surface area contributed by atoms with Gasteiger partial charge in [0.1, 0.15) is 0 Å². The molecule has 3 rings (SSSR count). The van der Waals surface area contributed by atoms with Crippen LogP contribution in [0.25, 0.3) is 0 Å². The van der Waals surface area contributed by atoms with Gasteiger partial charge in [-0.1, -0.05) is 46.7 Å². The van der Waals surface area contributed by atoms with E-state index in [9.17, 15) is 20.2 Å². The molecular formula is C16H8Cl2N2O4S3. The molecule has 0 bridgehead atoms. The molecule has 0 unspecified atom stereocenters. The van der Waals surface area contributed by atoms with Gasteiger partial charge >= 0.3 is 11.4 Å². The first-order chi connectivity index (χ1) is 12.8. The Morgan fingerprint density at radius 1 is 0.704 bits per heavy atom. The molecule has 3 aromatic rings. The van der Waals surface area contributed by atoms with Gasteiger partial charge in [0, 0.05) is 19.8 Å². The lowest BCUT2D eigenvalue weighted by molar-refractivity contribution is -0.425. The number of hydrogen-bond acceptors (Lipinski definition) is 7. The summed E-state index contributed by atoms with van der Waals surface area (Å²) in [5.74, 6) is 0. The zero-order chi connectivity index (χ0) is 19.6. The second-order valence-electron chi connectivity index (χ2n) is 5.00. The van der Waals surface area contributed by atoms with Crippen molar-refractivity contribution in [2.45, 2.75) is 18.2 Å². The summed E-state index contributed by atoms with van der Waals surface area (Å²) < 4.78 is 0.482. The summed E-state index contributed by atoms with van der Waals surface area (Å²) in [6.07, 6.45) is 0. The number of thiophene rings is 1. The molecule has 0 spiro atoms. The Morgan fingerprint density at radius 2 is 1.04 bits per heavy atom. The van der Waals surface area contributed by atoms with Crippen molar-refractivity contribution in [3.05, 3.63) is 78.8 Å². The Labute approximate surface area is 175 Å². The van der Waals surface area contributed by atoms with E-state index >= 15 is 0 Å². The molecule has 0 saturated heterocycles. The van der Waals surface area contributed by atoms with Gasteiger partial charge in [-0.3, -0.25) is 20.2 Å². The van der Waals surface area contributed by atoms with E-state index < -0.39 is 21.2 Å². The first kappa shape index (κ1) is 20.0. The molecule has 0 N–H and O–H groups in total. The minimum absolute atomic E-state index is 0.241. The minimum Gasteiger partial charge on any atom is -0.258 e. The van der Waals surface area contributed by atoms with Gasteiger partial charge < -0.3 is 0 Å². The fourth-order valence-corrected chi connectivity index (χ4v) is 6.09. The zero-order valence-electron chi connectivity index (χ0n) is 13.1. The maximum atomic E-state index is 11.5. The highest BCUT2D eigenvalue weighted by Crippen LogP contribution is 2.53. The molecule has 27 heavy (non-hydrogen) atoms. The van der Waals surface area contributed by atoms with E-state index in [2.05, 4.69) is 0 Å². The number of nitrogens with zero attached hydrogens (tertiary/aromatic N) is 2. The molecule has 0 atom stereocenters. The SMILES string of the molecule is O=[N+]([O-])c1c(Sc2ccc(Cl)cc2)sc(Sc2ccc(Cl)cc2)c1[N+](=O)[O-]. The Morgan fingerprint density at radius 3 is 1.33 bits per heavy atom. The monoisotopic (exact) mass is 458 g/mol. The number of rotatable bonds is 6. The van der Waals surface area contributed by atoms with Crippen molar-refractivity contribution in [2.75, 3.05) is 0 Å². The summed E-state index contributed by atoms with van der Waals surface area (Å²) in [7, 11) is 0. The molecule has 0 aliphatic carbocycles. The summed E-state index contributed by atoms with van der Waals surface area (Å²) in [5, 5.41) is 24.2. The van der Waals surface area contributed by atoms with Gasteiger partial charge in [-0.2, -0.15) is 0 Å². The number of hydrogen-bond donors (Lipinski definition) is 0. The predicted molar refractivity (Wildman–Crippen MR) is 109 cm³/mol. The minimum atomic E-state index is -0.710. The second kappa shape index (κ2) is 8.49. The van der Waals surface area contributed by atoms with Gasteiger partial charge in [0.2, 0.25) is 0 Å². The molecule has 0 fully saturated rings. The molecule has 1 aromatic heterocycles. The standard InChI is InChI=1S/C16H8Cl2N2O4S3/c17-9-1-5-11(6-2-9)25-15-13(19(21)22)14(20(23)24)16(27-15)26-12-7-3-10(18)4-8-12/h1-8H. The highest BCUT2D eigenvalue weighted by Gasteiger charge is 2.37. The Bertz CT molecular complexity index is 928. The number of nitro groups is 2. The van der Waals surface area contributed by atoms with Gasteiger partial charge in [0.05, 0.1) is 9.85 Å². The lowest BCUT2D eigenvalue weighted by atomic mass is 10.4. The van der Waals surface area contributed by atoms with Crippen LogP contribution in [-0.4, -0.2) is 9.85 Å². The van der Waals surface area contributed by atoms with E-state index in [1.54, 1.807) is 48.5 Å². The van der Waals surface area contributed by atoms with Gasteiger partial charge in [-0.25, -0.2) is 0 Å². The normalized spacial score (nSPS) is 10.7. The van der Waals surface area contributed by atoms with Crippen LogP contribution < -0.4 is 0 Å². The average Bonchev–Trinajstić information content (AvgIpc) is 2.97. The van der Waals surface area contributed by atoms with Crippen molar-refractivity contribution < 1.29 is 9.85 Å². The average molecular weight is 459 g/mol. The summed E-state index contributed by atoms with van der Waals surface area (Å²) in [6, 6.07) is 13.4. The largest absolute Gasteiger partial charge is 0.371 e. The third kappa shape index (κ3) is 4.74.